The summed E-state index contributed by atoms with van der Waals surface area (Å²) in [6, 6.07) is 10.2. The molecule has 25 heavy (non-hydrogen) atoms. The number of amides is 2. The van der Waals surface area contributed by atoms with Gasteiger partial charge in [-0.1, -0.05) is 30.3 Å². The molecule has 1 aromatic rings. The molecule has 6 nitrogen and oxygen atoms in total. The largest absolute Gasteiger partial charge is 0.336 e. The molecule has 1 aliphatic rings. The van der Waals surface area contributed by atoms with Crippen LogP contribution in [-0.2, 0) is 16.4 Å². The van der Waals surface area contributed by atoms with Crippen LogP contribution in [-0.4, -0.2) is 49.7 Å². The minimum absolute atomic E-state index is 0.0321. The molecular formula is C18H29N3O3S. The third-order valence-electron chi connectivity index (χ3n) is 4.63. The minimum Gasteiger partial charge on any atom is -0.336 e. The minimum atomic E-state index is -3.12. The van der Waals surface area contributed by atoms with E-state index in [1.165, 1.54) is 9.87 Å². The van der Waals surface area contributed by atoms with E-state index in [-0.39, 0.29) is 23.9 Å². The summed E-state index contributed by atoms with van der Waals surface area (Å²) in [5.74, 6) is 0.129. The molecule has 0 aliphatic carbocycles. The maximum absolute atomic E-state index is 12.1. The highest BCUT2D eigenvalue weighted by Crippen LogP contribution is 2.14. The first-order chi connectivity index (χ1) is 11.9. The van der Waals surface area contributed by atoms with Crippen molar-refractivity contribution >= 4 is 16.1 Å². The van der Waals surface area contributed by atoms with Gasteiger partial charge in [0.2, 0.25) is 10.0 Å². The van der Waals surface area contributed by atoms with Crippen LogP contribution in [0.15, 0.2) is 30.3 Å². The van der Waals surface area contributed by atoms with E-state index in [2.05, 4.69) is 22.8 Å². The lowest BCUT2D eigenvalue weighted by Gasteiger charge is -2.31. The average Bonchev–Trinajstić information content (AvgIpc) is 2.61. The van der Waals surface area contributed by atoms with E-state index in [9.17, 15) is 13.2 Å². The second kappa shape index (κ2) is 9.20. The first-order valence-corrected chi connectivity index (χ1v) is 10.6. The van der Waals surface area contributed by atoms with Gasteiger partial charge in [-0.15, -0.1) is 0 Å². The lowest BCUT2D eigenvalue weighted by atomic mass is 10.1. The van der Waals surface area contributed by atoms with Gasteiger partial charge in [-0.25, -0.2) is 17.5 Å². The third kappa shape index (κ3) is 6.32. The van der Waals surface area contributed by atoms with E-state index in [4.69, 9.17) is 0 Å². The summed E-state index contributed by atoms with van der Waals surface area (Å²) in [5, 5.41) is 5.93. The van der Waals surface area contributed by atoms with Crippen molar-refractivity contribution in [3.8, 4) is 0 Å². The maximum Gasteiger partial charge on any atom is 0.315 e. The van der Waals surface area contributed by atoms with Crippen molar-refractivity contribution < 1.29 is 13.2 Å². The molecule has 0 saturated carbocycles. The fourth-order valence-corrected chi connectivity index (χ4v) is 4.14. The molecule has 1 saturated heterocycles. The van der Waals surface area contributed by atoms with Gasteiger partial charge in [-0.05, 0) is 45.1 Å². The van der Waals surface area contributed by atoms with E-state index >= 15 is 0 Å². The van der Waals surface area contributed by atoms with Crippen molar-refractivity contribution in [1.82, 2.24) is 14.9 Å². The fraction of sp³-hybridized carbons (Fsp3) is 0.611. The van der Waals surface area contributed by atoms with Crippen LogP contribution in [0.5, 0.6) is 0 Å². The van der Waals surface area contributed by atoms with Crippen LogP contribution in [0, 0.1) is 0 Å². The number of nitrogens with zero attached hydrogens (tertiary/aromatic N) is 1. The van der Waals surface area contributed by atoms with Gasteiger partial charge in [0.05, 0.1) is 5.75 Å². The van der Waals surface area contributed by atoms with Crippen LogP contribution in [0.4, 0.5) is 4.79 Å². The average molecular weight is 368 g/mol. The predicted molar refractivity (Wildman–Crippen MR) is 99.9 cm³/mol. The van der Waals surface area contributed by atoms with Gasteiger partial charge in [0.25, 0.3) is 0 Å². The Morgan fingerprint density at radius 3 is 2.48 bits per heavy atom. The molecule has 0 aromatic heterocycles. The standard InChI is InChI=1S/C18H29N3O3S/c1-3-25(23,24)21-13-11-17(12-14-21)20-18(22)19-15(2)9-10-16-7-5-4-6-8-16/h4-8,15,17H,3,9-14H2,1-2H3,(H2,19,20,22)/t15-/m0/s1. The van der Waals surface area contributed by atoms with Gasteiger partial charge >= 0.3 is 6.03 Å². The van der Waals surface area contributed by atoms with Gasteiger partial charge in [-0.2, -0.15) is 0 Å². The highest BCUT2D eigenvalue weighted by molar-refractivity contribution is 7.89. The Bertz CT molecular complexity index is 641. The molecule has 0 radical (unpaired) electrons. The Morgan fingerprint density at radius 1 is 1.24 bits per heavy atom. The summed E-state index contributed by atoms with van der Waals surface area (Å²) in [4.78, 5) is 12.1. The summed E-state index contributed by atoms with van der Waals surface area (Å²) < 4.78 is 25.2. The smallest absolute Gasteiger partial charge is 0.315 e. The molecule has 1 heterocycles. The van der Waals surface area contributed by atoms with Crippen LogP contribution in [0.1, 0.15) is 38.7 Å². The lowest BCUT2D eigenvalue weighted by molar-refractivity contribution is 0.224. The molecule has 0 unspecified atom stereocenters. The molecule has 140 valence electrons. The summed E-state index contributed by atoms with van der Waals surface area (Å²) in [6.07, 6.45) is 3.12. The number of benzene rings is 1. The predicted octanol–water partition coefficient (Wildman–Crippen LogP) is 2.12. The highest BCUT2D eigenvalue weighted by atomic mass is 32.2. The van der Waals surface area contributed by atoms with Crippen LogP contribution in [0.2, 0.25) is 0 Å². The Labute approximate surface area is 151 Å². The number of carbonyl (C=O) groups is 1. The first kappa shape index (κ1) is 19.7. The third-order valence-corrected chi connectivity index (χ3v) is 6.52. The molecule has 7 heteroatoms. The zero-order valence-corrected chi connectivity index (χ0v) is 15.9. The number of piperidine rings is 1. The van der Waals surface area contributed by atoms with Crippen molar-refractivity contribution in [3.05, 3.63) is 35.9 Å². The van der Waals surface area contributed by atoms with E-state index < -0.39 is 10.0 Å². The Kier molecular flexibility index (Phi) is 7.25. The van der Waals surface area contributed by atoms with Gasteiger partial charge in [0, 0.05) is 25.2 Å². The van der Waals surface area contributed by atoms with E-state index in [0.717, 1.165) is 12.8 Å². The SMILES string of the molecule is CCS(=O)(=O)N1CCC(NC(=O)N[C@@H](C)CCc2ccccc2)CC1. The second-order valence-corrected chi connectivity index (χ2v) is 8.87. The molecule has 0 spiro atoms. The molecule has 1 aromatic carbocycles. The summed E-state index contributed by atoms with van der Waals surface area (Å²) in [6.45, 7) is 4.61. The monoisotopic (exact) mass is 367 g/mol. The zero-order valence-electron chi connectivity index (χ0n) is 15.1. The van der Waals surface area contributed by atoms with Crippen molar-refractivity contribution in [2.24, 2.45) is 0 Å². The van der Waals surface area contributed by atoms with Crippen LogP contribution in [0.25, 0.3) is 0 Å². The number of rotatable bonds is 7. The summed E-state index contributed by atoms with van der Waals surface area (Å²) in [5.41, 5.74) is 1.26. The zero-order chi connectivity index (χ0) is 18.3. The first-order valence-electron chi connectivity index (χ1n) is 8.99. The fourth-order valence-electron chi connectivity index (χ4n) is 3.01. The molecular weight excluding hydrogens is 338 g/mol. The van der Waals surface area contributed by atoms with Crippen molar-refractivity contribution in [3.63, 3.8) is 0 Å². The number of carbonyl (C=O) groups excluding carboxylic acids is 1. The maximum atomic E-state index is 12.1. The van der Waals surface area contributed by atoms with Crippen LogP contribution >= 0.6 is 0 Å². The molecule has 1 fully saturated rings. The Morgan fingerprint density at radius 2 is 1.88 bits per heavy atom. The number of hydrogen-bond acceptors (Lipinski definition) is 3. The lowest BCUT2D eigenvalue weighted by Crippen LogP contribution is -2.50. The molecule has 2 amide bonds. The van der Waals surface area contributed by atoms with Crippen LogP contribution < -0.4 is 10.6 Å². The molecule has 1 aliphatic heterocycles. The molecule has 2 rings (SSSR count). The number of nitrogens with one attached hydrogen (secondary N) is 2. The molecule has 2 N–H and O–H groups in total. The number of hydrogen-bond donors (Lipinski definition) is 2. The Balaban J connectivity index is 1.68. The van der Waals surface area contributed by atoms with Crippen molar-refractivity contribution in [2.45, 2.75) is 51.6 Å². The van der Waals surface area contributed by atoms with E-state index in [1.807, 2.05) is 25.1 Å². The van der Waals surface area contributed by atoms with Gasteiger partial charge in [-0.3, -0.25) is 0 Å². The molecule has 1 atom stereocenters. The molecule has 0 bridgehead atoms. The van der Waals surface area contributed by atoms with Crippen molar-refractivity contribution in [1.29, 1.82) is 0 Å². The second-order valence-electron chi connectivity index (χ2n) is 6.62. The van der Waals surface area contributed by atoms with Gasteiger partial charge in [0.1, 0.15) is 0 Å². The van der Waals surface area contributed by atoms with Crippen molar-refractivity contribution in [2.75, 3.05) is 18.8 Å². The summed E-state index contributed by atoms with van der Waals surface area (Å²) in [7, 11) is -3.12. The van der Waals surface area contributed by atoms with Gasteiger partial charge < -0.3 is 10.6 Å². The topological polar surface area (TPSA) is 78.5 Å². The Hall–Kier alpha value is -1.60. The highest BCUT2D eigenvalue weighted by Gasteiger charge is 2.27. The summed E-state index contributed by atoms with van der Waals surface area (Å²) >= 11 is 0. The number of sulfonamides is 1. The van der Waals surface area contributed by atoms with Gasteiger partial charge in [0.15, 0.2) is 0 Å². The normalized spacial score (nSPS) is 17.8. The number of urea groups is 1. The van der Waals surface area contributed by atoms with E-state index in [1.54, 1.807) is 6.92 Å². The van der Waals surface area contributed by atoms with Crippen LogP contribution in [0.3, 0.4) is 0 Å². The quantitative estimate of drug-likeness (QED) is 0.775. The number of aryl methyl sites for hydroxylation is 1. The van der Waals surface area contributed by atoms with E-state index in [0.29, 0.717) is 25.9 Å².